The fourth-order valence-electron chi connectivity index (χ4n) is 0.230. The lowest BCUT2D eigenvalue weighted by atomic mass is 10.6. The lowest BCUT2D eigenvalue weighted by Gasteiger charge is -2.10. The molecule has 0 bridgehead atoms. The van der Waals surface area contributed by atoms with Gasteiger partial charge in [0.05, 0.1) is 28.6 Å². The molecule has 9 heteroatoms. The topological polar surface area (TPSA) is 145 Å². The van der Waals surface area contributed by atoms with Gasteiger partial charge in [-0.3, -0.25) is 9.63 Å². The Morgan fingerprint density at radius 1 is 1.62 bits per heavy atom. The minimum atomic E-state index is -4.69. The average Bonchev–Trinajstić information content (AvgIpc) is 1.98. The van der Waals surface area contributed by atoms with Gasteiger partial charge in [0.1, 0.15) is 0 Å². The highest BCUT2D eigenvalue weighted by Crippen LogP contribution is 1.78. The first-order chi connectivity index (χ1) is 5.72. The van der Waals surface area contributed by atoms with Crippen molar-refractivity contribution in [2.24, 2.45) is 5.73 Å². The summed E-state index contributed by atoms with van der Waals surface area (Å²) in [7, 11) is -1.78. The molecule has 0 rings (SSSR count). The van der Waals surface area contributed by atoms with Crippen LogP contribution in [0.3, 0.4) is 0 Å². The van der Waals surface area contributed by atoms with Crippen molar-refractivity contribution in [3.8, 4) is 0 Å². The van der Waals surface area contributed by atoms with Crippen LogP contribution in [-0.2, 0) is 9.63 Å². The first-order valence-electron chi connectivity index (χ1n) is 2.86. The number of hydrogen-bond donors (Lipinski definition) is 2. The van der Waals surface area contributed by atoms with Crippen LogP contribution in [0, 0.1) is 10.2 Å². The van der Waals surface area contributed by atoms with Crippen molar-refractivity contribution in [1.29, 1.82) is 0 Å². The van der Waals surface area contributed by atoms with Gasteiger partial charge in [0.15, 0.2) is 0 Å². The van der Waals surface area contributed by atoms with Crippen LogP contribution in [0.4, 0.5) is 0 Å². The average molecular weight is 219 g/mol. The largest absolute Gasteiger partial charge is 0.322 e. The molecule has 0 aromatic carbocycles. The molecule has 0 aliphatic carbocycles. The van der Waals surface area contributed by atoms with E-state index < -0.39 is 10.2 Å². The number of hydrogen-bond acceptors (Lipinski definition) is 7. The molecule has 0 aromatic heterocycles. The van der Waals surface area contributed by atoms with E-state index in [1.807, 2.05) is 0 Å². The Hall–Kier alpha value is -0.480. The number of nitrogens with two attached hydrogens (primary N) is 1. The molecule has 3 N–H and O–H groups in total. The van der Waals surface area contributed by atoms with Crippen LogP contribution < -0.4 is 19.7 Å². The number of carbonyl (C=O) groups is 1. The van der Waals surface area contributed by atoms with Crippen LogP contribution in [-0.4, -0.2) is 36.3 Å². The smallest absolute Gasteiger partial charge is 0.259 e. The Labute approximate surface area is 76.8 Å². The Morgan fingerprint density at radius 2 is 1.92 bits per heavy atom. The van der Waals surface area contributed by atoms with E-state index in [0.29, 0.717) is 0 Å². The van der Waals surface area contributed by atoms with Crippen LogP contribution in [0.2, 0.25) is 0 Å². The molecule has 0 spiro atoms. The molecular formula is C4H11ClN2O6. The summed E-state index contributed by atoms with van der Waals surface area (Å²) in [5, 5.41) is 1.08. The van der Waals surface area contributed by atoms with Gasteiger partial charge in [0.2, 0.25) is 0 Å². The Balaban J connectivity index is 0. The fraction of sp³-hybridized carbons (Fsp3) is 0.750. The van der Waals surface area contributed by atoms with E-state index in [1.54, 1.807) is 0 Å². The van der Waals surface area contributed by atoms with Gasteiger partial charge in [-0.05, 0) is 0 Å². The molecule has 1 amide bonds. The van der Waals surface area contributed by atoms with Gasteiger partial charge in [0, 0.05) is 7.05 Å². The predicted octanol–water partition coefficient (Wildman–Crippen LogP) is -5.16. The van der Waals surface area contributed by atoms with E-state index in [1.165, 1.54) is 14.2 Å². The summed E-state index contributed by atoms with van der Waals surface area (Å²) in [6.45, 7) is -0.00958. The van der Waals surface area contributed by atoms with Crippen molar-refractivity contribution in [2.45, 2.75) is 0 Å². The molecule has 80 valence electrons. The first kappa shape index (κ1) is 15.0. The van der Waals surface area contributed by atoms with E-state index in [2.05, 4.69) is 4.84 Å². The second kappa shape index (κ2) is 6.97. The van der Waals surface area contributed by atoms with E-state index in [9.17, 15) is 4.79 Å². The molecule has 0 unspecified atom stereocenters. The standard InChI is InChI=1S/C4H10N2O2.ClHO4/c1-6(8-2)4(7)3-5;2-1(3,4)5/h3,5H2,1-2H3;(H,2,3,4,5). The second-order valence-corrected chi connectivity index (χ2v) is 2.47. The minimum absolute atomic E-state index is 0.00958. The van der Waals surface area contributed by atoms with Crippen molar-refractivity contribution in [2.75, 3.05) is 20.7 Å². The first-order valence-corrected chi connectivity index (χ1v) is 4.12. The third-order valence-corrected chi connectivity index (χ3v) is 0.800. The molecule has 0 saturated carbocycles. The highest BCUT2D eigenvalue weighted by Gasteiger charge is 2.01. The highest BCUT2D eigenvalue weighted by molar-refractivity contribution is 5.76. The predicted molar refractivity (Wildman–Crippen MR) is 31.1 cm³/mol. The Kier molecular flexibility index (Phi) is 8.05. The number of likely N-dealkylation sites (N-methyl/N-ethyl adjacent to an activating group) is 1. The zero-order chi connectivity index (χ0) is 11.1. The van der Waals surface area contributed by atoms with Gasteiger partial charge in [-0.2, -0.15) is 14.0 Å². The third-order valence-electron chi connectivity index (χ3n) is 0.800. The molecule has 0 aliphatic heterocycles. The molecule has 0 saturated heterocycles. The lowest BCUT2D eigenvalue weighted by Crippen LogP contribution is -2.58. The van der Waals surface area contributed by atoms with E-state index >= 15 is 0 Å². The molecule has 0 fully saturated rings. The summed E-state index contributed by atoms with van der Waals surface area (Å²) in [6, 6.07) is 0. The van der Waals surface area contributed by atoms with E-state index in [-0.39, 0.29) is 12.5 Å². The molecule has 0 heterocycles. The summed E-state index contributed by atoms with van der Waals surface area (Å²) in [5.74, 6) is -0.229. The molecule has 0 aliphatic rings. The molecule has 0 radical (unpaired) electrons. The maximum atomic E-state index is 10.4. The monoisotopic (exact) mass is 218 g/mol. The number of hydroxylamine groups is 2. The normalized spacial score (nSPS) is 10.1. The highest BCUT2D eigenvalue weighted by atomic mass is 35.7. The molecule has 8 nitrogen and oxygen atoms in total. The summed E-state index contributed by atoms with van der Waals surface area (Å²) in [4.78, 5) is 14.9. The molecule has 0 atom stereocenters. The minimum Gasteiger partial charge on any atom is -0.322 e. The number of amides is 1. The Morgan fingerprint density at radius 3 is 2.00 bits per heavy atom. The SMILES string of the molecule is CON(C)C(=O)CN.[O-][Cl+3]([O-])([O-])O. The number of halogens is 1. The number of rotatable bonds is 2. The van der Waals surface area contributed by atoms with Gasteiger partial charge in [-0.25, -0.2) is 5.06 Å². The maximum absolute atomic E-state index is 10.4. The summed E-state index contributed by atoms with van der Waals surface area (Å²) in [6.07, 6.45) is 0. The zero-order valence-corrected chi connectivity index (χ0v) is 7.85. The fourth-order valence-corrected chi connectivity index (χ4v) is 0.230. The van der Waals surface area contributed by atoms with Crippen LogP contribution in [0.5, 0.6) is 0 Å². The van der Waals surface area contributed by atoms with Crippen molar-refractivity contribution < 1.29 is 38.5 Å². The quantitative estimate of drug-likeness (QED) is 0.441. The van der Waals surface area contributed by atoms with Crippen molar-refractivity contribution >= 4 is 5.91 Å². The lowest BCUT2D eigenvalue weighted by molar-refractivity contribution is -1.92. The Bertz CT molecular complexity index is 142. The van der Waals surface area contributed by atoms with Gasteiger partial charge in [0.25, 0.3) is 5.91 Å². The molecular weight excluding hydrogens is 208 g/mol. The van der Waals surface area contributed by atoms with Gasteiger partial charge in [-0.1, -0.05) is 0 Å². The number of carbonyl (C=O) groups excluding carboxylic acids is 1. The van der Waals surface area contributed by atoms with E-state index in [4.69, 9.17) is 24.4 Å². The van der Waals surface area contributed by atoms with Gasteiger partial charge in [-0.15, -0.1) is 0 Å². The van der Waals surface area contributed by atoms with Crippen LogP contribution in [0.25, 0.3) is 0 Å². The third kappa shape index (κ3) is 18.5. The second-order valence-electron chi connectivity index (χ2n) is 1.67. The summed E-state index contributed by atoms with van der Waals surface area (Å²) < 4.78 is 32.7. The zero-order valence-electron chi connectivity index (χ0n) is 7.10. The van der Waals surface area contributed by atoms with Crippen molar-refractivity contribution in [3.05, 3.63) is 0 Å². The number of nitrogens with zero attached hydrogens (tertiary/aromatic N) is 1. The van der Waals surface area contributed by atoms with Crippen LogP contribution in [0.1, 0.15) is 0 Å². The summed E-state index contributed by atoms with van der Waals surface area (Å²) >= 11 is 0. The van der Waals surface area contributed by atoms with Crippen molar-refractivity contribution in [3.63, 3.8) is 0 Å². The van der Waals surface area contributed by atoms with Crippen LogP contribution in [0.15, 0.2) is 0 Å². The summed E-state index contributed by atoms with van der Waals surface area (Å²) in [5.41, 5.74) is 4.98. The maximum Gasteiger partial charge on any atom is 0.259 e. The molecule has 13 heavy (non-hydrogen) atoms. The molecule has 0 aromatic rings. The van der Waals surface area contributed by atoms with Gasteiger partial charge < -0.3 is 5.73 Å². The van der Waals surface area contributed by atoms with E-state index in [0.717, 1.165) is 5.06 Å². The van der Waals surface area contributed by atoms with Crippen LogP contribution >= 0.6 is 0 Å². The van der Waals surface area contributed by atoms with Gasteiger partial charge >= 0.3 is 0 Å². The van der Waals surface area contributed by atoms with Crippen molar-refractivity contribution in [1.82, 2.24) is 5.06 Å².